The van der Waals surface area contributed by atoms with Gasteiger partial charge in [-0.1, -0.05) is 0 Å². The van der Waals surface area contributed by atoms with Crippen molar-refractivity contribution >= 4 is 5.97 Å². The molecule has 0 saturated heterocycles. The minimum Gasteiger partial charge on any atom is -0.465 e. The molecule has 0 aromatic carbocycles. The Bertz CT molecular complexity index is 428. The van der Waals surface area contributed by atoms with E-state index in [2.05, 4.69) is 9.72 Å². The van der Waals surface area contributed by atoms with Crippen LogP contribution in [0.2, 0.25) is 0 Å². The predicted octanol–water partition coefficient (Wildman–Crippen LogP) is 0.0332. The number of hydrogen-bond donors (Lipinski definition) is 1. The van der Waals surface area contributed by atoms with Crippen molar-refractivity contribution in [3.63, 3.8) is 0 Å². The Morgan fingerprint density at radius 1 is 1.62 bits per heavy atom. The maximum atomic E-state index is 11.3. The third-order valence-corrected chi connectivity index (χ3v) is 1.47. The van der Waals surface area contributed by atoms with Gasteiger partial charge in [-0.2, -0.15) is 5.26 Å². The van der Waals surface area contributed by atoms with E-state index in [0.717, 1.165) is 0 Å². The Kier molecular flexibility index (Phi) is 2.45. The third-order valence-electron chi connectivity index (χ3n) is 1.47. The number of aromatic nitrogens is 1. The van der Waals surface area contributed by atoms with Gasteiger partial charge in [-0.25, -0.2) is 4.79 Å². The van der Waals surface area contributed by atoms with E-state index < -0.39 is 11.4 Å². The van der Waals surface area contributed by atoms with Gasteiger partial charge >= 0.3 is 5.97 Å². The van der Waals surface area contributed by atoms with Gasteiger partial charge in [0, 0.05) is 12.4 Å². The molecular weight excluding hydrogens is 172 g/mol. The number of nitrogens with one attached hydrogen (secondary N) is 1. The lowest BCUT2D eigenvalue weighted by molar-refractivity contribution is 0.0599. The second-order valence-corrected chi connectivity index (χ2v) is 2.22. The van der Waals surface area contributed by atoms with E-state index in [1.165, 1.54) is 19.5 Å². The van der Waals surface area contributed by atoms with Crippen LogP contribution in [0, 0.1) is 11.3 Å². The van der Waals surface area contributed by atoms with Crippen LogP contribution in [0.5, 0.6) is 0 Å². The lowest BCUT2D eigenvalue weighted by Gasteiger charge is -1.96. The van der Waals surface area contributed by atoms with Crippen LogP contribution in [0.1, 0.15) is 15.9 Å². The van der Waals surface area contributed by atoms with Gasteiger partial charge in [-0.3, -0.25) is 4.79 Å². The molecule has 0 saturated carbocycles. The maximum absolute atomic E-state index is 11.3. The fraction of sp³-hybridized carbons (Fsp3) is 0.125. The number of aromatic amines is 1. The van der Waals surface area contributed by atoms with Crippen molar-refractivity contribution in [3.05, 3.63) is 33.7 Å². The second kappa shape index (κ2) is 3.54. The zero-order valence-corrected chi connectivity index (χ0v) is 6.83. The molecule has 0 atom stereocenters. The van der Waals surface area contributed by atoms with E-state index in [4.69, 9.17) is 5.26 Å². The van der Waals surface area contributed by atoms with Gasteiger partial charge in [0.2, 0.25) is 5.43 Å². The standard InChI is InChI=1S/C8H6N2O3/c1-13-8(12)6-4-10-3-5(2-9)7(6)11/h3-4H,1H3,(H,10,11). The Morgan fingerprint density at radius 3 is 2.85 bits per heavy atom. The monoisotopic (exact) mass is 178 g/mol. The summed E-state index contributed by atoms with van der Waals surface area (Å²) >= 11 is 0. The number of nitrogens with zero attached hydrogens (tertiary/aromatic N) is 1. The minimum absolute atomic E-state index is 0.108. The summed E-state index contributed by atoms with van der Waals surface area (Å²) in [5.41, 5.74) is -0.891. The number of methoxy groups -OCH3 is 1. The first-order chi connectivity index (χ1) is 6.20. The summed E-state index contributed by atoms with van der Waals surface area (Å²) < 4.78 is 4.35. The normalized spacial score (nSPS) is 8.92. The SMILES string of the molecule is COC(=O)c1c[nH]cc(C#N)c1=O. The van der Waals surface area contributed by atoms with Crippen molar-refractivity contribution in [2.45, 2.75) is 0 Å². The average Bonchev–Trinajstić information content (AvgIpc) is 2.17. The van der Waals surface area contributed by atoms with Crippen LogP contribution >= 0.6 is 0 Å². The Morgan fingerprint density at radius 2 is 2.31 bits per heavy atom. The Hall–Kier alpha value is -2.09. The molecule has 0 bridgehead atoms. The molecule has 0 fully saturated rings. The highest BCUT2D eigenvalue weighted by molar-refractivity contribution is 5.89. The summed E-state index contributed by atoms with van der Waals surface area (Å²) in [7, 11) is 1.17. The molecule has 1 N–H and O–H groups in total. The van der Waals surface area contributed by atoms with Crippen molar-refractivity contribution < 1.29 is 9.53 Å². The van der Waals surface area contributed by atoms with E-state index in [9.17, 15) is 9.59 Å². The van der Waals surface area contributed by atoms with Gasteiger partial charge in [0.25, 0.3) is 0 Å². The molecule has 1 aromatic heterocycles. The smallest absolute Gasteiger partial charge is 0.343 e. The van der Waals surface area contributed by atoms with Gasteiger partial charge in [0.1, 0.15) is 17.2 Å². The minimum atomic E-state index is -0.752. The zero-order valence-electron chi connectivity index (χ0n) is 6.83. The molecule has 0 aliphatic heterocycles. The van der Waals surface area contributed by atoms with Crippen LogP contribution in [-0.4, -0.2) is 18.1 Å². The second-order valence-electron chi connectivity index (χ2n) is 2.22. The van der Waals surface area contributed by atoms with E-state index in [1.807, 2.05) is 0 Å². The van der Waals surface area contributed by atoms with Gasteiger partial charge in [0.05, 0.1) is 7.11 Å². The van der Waals surface area contributed by atoms with E-state index in [0.29, 0.717) is 0 Å². The molecule has 5 nitrogen and oxygen atoms in total. The summed E-state index contributed by atoms with van der Waals surface area (Å²) in [5.74, 6) is -0.752. The third kappa shape index (κ3) is 1.56. The van der Waals surface area contributed by atoms with Crippen LogP contribution in [0.4, 0.5) is 0 Å². The Balaban J connectivity index is 3.34. The highest BCUT2D eigenvalue weighted by atomic mass is 16.5. The van der Waals surface area contributed by atoms with E-state index in [1.54, 1.807) is 6.07 Å². The average molecular weight is 178 g/mol. The number of rotatable bonds is 1. The van der Waals surface area contributed by atoms with Crippen molar-refractivity contribution in [3.8, 4) is 6.07 Å². The predicted molar refractivity (Wildman–Crippen MR) is 43.1 cm³/mol. The quantitative estimate of drug-likeness (QED) is 0.615. The number of H-pyrrole nitrogens is 1. The van der Waals surface area contributed by atoms with Gasteiger partial charge < -0.3 is 9.72 Å². The van der Waals surface area contributed by atoms with Crippen molar-refractivity contribution in [2.75, 3.05) is 7.11 Å². The molecule has 1 heterocycles. The van der Waals surface area contributed by atoms with Crippen molar-refractivity contribution in [2.24, 2.45) is 0 Å². The number of esters is 1. The molecule has 1 aromatic rings. The molecule has 66 valence electrons. The highest BCUT2D eigenvalue weighted by Crippen LogP contribution is 1.94. The van der Waals surface area contributed by atoms with E-state index >= 15 is 0 Å². The first-order valence-electron chi connectivity index (χ1n) is 3.40. The Labute approximate surface area is 73.6 Å². The number of pyridine rings is 1. The molecular formula is C8H6N2O3. The molecule has 0 radical (unpaired) electrons. The topological polar surface area (TPSA) is 82.9 Å². The molecule has 0 aliphatic carbocycles. The van der Waals surface area contributed by atoms with Crippen LogP contribution in [0.3, 0.4) is 0 Å². The summed E-state index contributed by atoms with van der Waals surface area (Å²) in [4.78, 5) is 24.7. The number of carbonyl (C=O) groups excluding carboxylic acids is 1. The summed E-state index contributed by atoms with van der Waals surface area (Å²) in [6.45, 7) is 0. The maximum Gasteiger partial charge on any atom is 0.343 e. The molecule has 5 heteroatoms. The first-order valence-corrected chi connectivity index (χ1v) is 3.40. The van der Waals surface area contributed by atoms with Crippen molar-refractivity contribution in [1.29, 1.82) is 5.26 Å². The summed E-state index contributed by atoms with van der Waals surface area (Å²) in [6, 6.07) is 1.66. The number of nitriles is 1. The number of carbonyl (C=O) groups is 1. The van der Waals surface area contributed by atoms with Crippen LogP contribution in [-0.2, 0) is 4.74 Å². The van der Waals surface area contributed by atoms with Gasteiger partial charge in [-0.15, -0.1) is 0 Å². The highest BCUT2D eigenvalue weighted by Gasteiger charge is 2.12. The molecule has 0 amide bonds. The van der Waals surface area contributed by atoms with E-state index in [-0.39, 0.29) is 11.1 Å². The molecule has 0 spiro atoms. The molecule has 13 heavy (non-hydrogen) atoms. The van der Waals surface area contributed by atoms with Crippen LogP contribution in [0.15, 0.2) is 17.2 Å². The lowest BCUT2D eigenvalue weighted by atomic mass is 10.2. The number of hydrogen-bond acceptors (Lipinski definition) is 4. The largest absolute Gasteiger partial charge is 0.465 e. The fourth-order valence-electron chi connectivity index (χ4n) is 0.829. The van der Waals surface area contributed by atoms with Crippen molar-refractivity contribution in [1.82, 2.24) is 4.98 Å². The molecule has 0 aliphatic rings. The summed E-state index contributed by atoms with van der Waals surface area (Å²) in [6.07, 6.45) is 2.43. The number of ether oxygens (including phenoxy) is 1. The van der Waals surface area contributed by atoms with Gasteiger partial charge in [-0.05, 0) is 0 Å². The molecule has 0 unspecified atom stereocenters. The first kappa shape index (κ1) is 9.00. The van der Waals surface area contributed by atoms with Crippen LogP contribution in [0.25, 0.3) is 0 Å². The molecule has 1 rings (SSSR count). The zero-order chi connectivity index (χ0) is 9.84. The van der Waals surface area contributed by atoms with Crippen LogP contribution < -0.4 is 5.43 Å². The lowest BCUT2D eigenvalue weighted by Crippen LogP contribution is -2.18. The van der Waals surface area contributed by atoms with Gasteiger partial charge in [0.15, 0.2) is 0 Å². The summed E-state index contributed by atoms with van der Waals surface area (Å²) in [5, 5.41) is 8.48. The fourth-order valence-corrected chi connectivity index (χ4v) is 0.829.